The highest BCUT2D eigenvalue weighted by Crippen LogP contribution is 2.36. The van der Waals surface area contributed by atoms with Crippen LogP contribution in [0.4, 0.5) is 0 Å². The van der Waals surface area contributed by atoms with E-state index in [9.17, 15) is 4.79 Å². The third kappa shape index (κ3) is 1.01. The predicted molar refractivity (Wildman–Crippen MR) is 35.6 cm³/mol. The van der Waals surface area contributed by atoms with Gasteiger partial charge in [-0.15, -0.1) is 0 Å². The van der Waals surface area contributed by atoms with Crippen molar-refractivity contribution in [1.82, 2.24) is 0 Å². The molecule has 2 aliphatic heterocycles. The second-order valence-corrected chi connectivity index (χ2v) is 2.17. The minimum atomic E-state index is -0.458. The van der Waals surface area contributed by atoms with Gasteiger partial charge in [0.15, 0.2) is 5.60 Å². The largest absolute Gasteiger partial charge is 0.463 e. The highest BCUT2D eigenvalue weighted by molar-refractivity contribution is 5.84. The van der Waals surface area contributed by atoms with E-state index in [1.165, 1.54) is 0 Å². The number of esters is 1. The summed E-state index contributed by atoms with van der Waals surface area (Å²) in [5, 5.41) is 0. The molecule has 10 heavy (non-hydrogen) atoms. The van der Waals surface area contributed by atoms with Gasteiger partial charge in [-0.2, -0.15) is 0 Å². The fourth-order valence-electron chi connectivity index (χ4n) is 0.891. The zero-order chi connectivity index (χ0) is 7.61. The van der Waals surface area contributed by atoms with Gasteiger partial charge in [0.25, 0.3) is 0 Å². The van der Waals surface area contributed by atoms with Crippen LogP contribution in [-0.4, -0.2) is 24.8 Å². The number of hydrogen-bond acceptors (Lipinski definition) is 3. The van der Waals surface area contributed by atoms with Crippen LogP contribution in [0.15, 0.2) is 0 Å². The molecule has 0 N–H and O–H groups in total. The van der Waals surface area contributed by atoms with E-state index >= 15 is 0 Å². The third-order valence-electron chi connectivity index (χ3n) is 1.60. The Morgan fingerprint density at radius 3 is 2.30 bits per heavy atom. The third-order valence-corrected chi connectivity index (χ3v) is 1.60. The molecule has 0 amide bonds. The van der Waals surface area contributed by atoms with Gasteiger partial charge in [0.05, 0.1) is 13.2 Å². The number of carbonyl (C=O) groups is 1. The molecule has 2 saturated heterocycles. The van der Waals surface area contributed by atoms with Gasteiger partial charge in [-0.25, -0.2) is 4.79 Å². The number of epoxide rings is 1. The van der Waals surface area contributed by atoms with Crippen molar-refractivity contribution >= 4 is 5.97 Å². The van der Waals surface area contributed by atoms with Crippen molar-refractivity contribution in [3.8, 4) is 0 Å². The summed E-state index contributed by atoms with van der Waals surface area (Å²) in [5.74, 6) is -0.169. The molecule has 0 bridgehead atoms. The Balaban J connectivity index is 0.000000231. The average molecular weight is 144 g/mol. The molecule has 3 nitrogen and oxygen atoms in total. The second kappa shape index (κ2) is 2.58. The summed E-state index contributed by atoms with van der Waals surface area (Å²) in [5.41, 5.74) is -0.458. The monoisotopic (exact) mass is 144 g/mol. The molecule has 0 aromatic rings. The molecule has 0 aromatic carbocycles. The molecule has 58 valence electrons. The van der Waals surface area contributed by atoms with E-state index in [1.54, 1.807) is 0 Å². The molecule has 1 atom stereocenters. The van der Waals surface area contributed by atoms with Crippen molar-refractivity contribution in [3.05, 3.63) is 0 Å². The summed E-state index contributed by atoms with van der Waals surface area (Å²) in [7, 11) is 0. The molecule has 1 spiro atoms. The zero-order valence-electron chi connectivity index (χ0n) is 6.35. The number of cyclic esters (lactones) is 1. The molecular formula is C7H12O3. The van der Waals surface area contributed by atoms with E-state index in [-0.39, 0.29) is 5.97 Å². The number of rotatable bonds is 0. The Bertz CT molecular complexity index is 138. The van der Waals surface area contributed by atoms with Gasteiger partial charge in [0.1, 0.15) is 0 Å². The van der Waals surface area contributed by atoms with Gasteiger partial charge >= 0.3 is 5.97 Å². The maximum atomic E-state index is 10.6. The first-order chi connectivity index (χ1) is 4.83. The number of ether oxygens (including phenoxy) is 2. The van der Waals surface area contributed by atoms with E-state index < -0.39 is 5.60 Å². The molecule has 1 unspecified atom stereocenters. The van der Waals surface area contributed by atoms with E-state index in [4.69, 9.17) is 4.74 Å². The molecule has 2 fully saturated rings. The van der Waals surface area contributed by atoms with Crippen LogP contribution in [0, 0.1) is 0 Å². The van der Waals surface area contributed by atoms with E-state index in [0.29, 0.717) is 13.2 Å². The summed E-state index contributed by atoms with van der Waals surface area (Å²) < 4.78 is 9.56. The Kier molecular flexibility index (Phi) is 1.94. The lowest BCUT2D eigenvalue weighted by atomic mass is 10.1. The van der Waals surface area contributed by atoms with Gasteiger partial charge in [-0.3, -0.25) is 0 Å². The Morgan fingerprint density at radius 2 is 2.10 bits per heavy atom. The average Bonchev–Trinajstić information content (AvgIpc) is 2.65. The molecule has 0 aromatic heterocycles. The van der Waals surface area contributed by atoms with Crippen LogP contribution in [0.2, 0.25) is 0 Å². The van der Waals surface area contributed by atoms with Crippen molar-refractivity contribution in [2.75, 3.05) is 13.2 Å². The standard InChI is InChI=1S/C5H6O3.C2H6/c6-4-5(3-8-5)1-2-7-4;1-2/h1-3H2;1-2H3. The van der Waals surface area contributed by atoms with Crippen molar-refractivity contribution in [2.24, 2.45) is 0 Å². The van der Waals surface area contributed by atoms with Gasteiger partial charge in [0.2, 0.25) is 0 Å². The minimum absolute atomic E-state index is 0.169. The summed E-state index contributed by atoms with van der Waals surface area (Å²) >= 11 is 0. The first-order valence-corrected chi connectivity index (χ1v) is 3.65. The molecular weight excluding hydrogens is 132 g/mol. The first kappa shape index (κ1) is 7.54. The molecule has 2 heterocycles. The van der Waals surface area contributed by atoms with Crippen molar-refractivity contribution in [3.63, 3.8) is 0 Å². The smallest absolute Gasteiger partial charge is 0.340 e. The number of hydrogen-bond donors (Lipinski definition) is 0. The fraction of sp³-hybridized carbons (Fsp3) is 0.857. The highest BCUT2D eigenvalue weighted by atomic mass is 16.7. The summed E-state index contributed by atoms with van der Waals surface area (Å²) in [6, 6.07) is 0. The molecule has 2 rings (SSSR count). The van der Waals surface area contributed by atoms with Gasteiger partial charge in [-0.1, -0.05) is 13.8 Å². The highest BCUT2D eigenvalue weighted by Gasteiger charge is 2.57. The minimum Gasteiger partial charge on any atom is -0.463 e. The van der Waals surface area contributed by atoms with Crippen molar-refractivity contribution < 1.29 is 14.3 Å². The number of carbonyl (C=O) groups excluding carboxylic acids is 1. The van der Waals surface area contributed by atoms with E-state index in [2.05, 4.69) is 4.74 Å². The molecule has 0 aliphatic carbocycles. The normalized spacial score (nSPS) is 34.8. The zero-order valence-corrected chi connectivity index (χ0v) is 6.35. The lowest BCUT2D eigenvalue weighted by molar-refractivity contribution is -0.142. The second-order valence-electron chi connectivity index (χ2n) is 2.17. The fourth-order valence-corrected chi connectivity index (χ4v) is 0.891. The van der Waals surface area contributed by atoms with Crippen LogP contribution < -0.4 is 0 Å². The van der Waals surface area contributed by atoms with Crippen LogP contribution in [-0.2, 0) is 14.3 Å². The summed E-state index contributed by atoms with van der Waals surface area (Å²) in [4.78, 5) is 10.6. The Morgan fingerprint density at radius 1 is 1.50 bits per heavy atom. The van der Waals surface area contributed by atoms with Crippen molar-refractivity contribution in [2.45, 2.75) is 25.9 Å². The van der Waals surface area contributed by atoms with Crippen LogP contribution in [0.25, 0.3) is 0 Å². The van der Waals surface area contributed by atoms with E-state index in [0.717, 1.165) is 6.42 Å². The first-order valence-electron chi connectivity index (χ1n) is 3.65. The van der Waals surface area contributed by atoms with E-state index in [1.807, 2.05) is 13.8 Å². The van der Waals surface area contributed by atoms with Gasteiger partial charge < -0.3 is 9.47 Å². The lowest BCUT2D eigenvalue weighted by Gasteiger charge is -1.89. The van der Waals surface area contributed by atoms with Crippen molar-refractivity contribution in [1.29, 1.82) is 0 Å². The van der Waals surface area contributed by atoms with Crippen LogP contribution in [0.5, 0.6) is 0 Å². The summed E-state index contributed by atoms with van der Waals surface area (Å²) in [6.45, 7) is 5.12. The Hall–Kier alpha value is -0.570. The molecule has 2 aliphatic rings. The quantitative estimate of drug-likeness (QED) is 0.371. The molecule has 0 saturated carbocycles. The Labute approximate surface area is 60.3 Å². The lowest BCUT2D eigenvalue weighted by Crippen LogP contribution is -2.16. The van der Waals surface area contributed by atoms with Gasteiger partial charge in [0, 0.05) is 6.42 Å². The topological polar surface area (TPSA) is 38.8 Å². The molecule has 3 heteroatoms. The van der Waals surface area contributed by atoms with Crippen LogP contribution in [0.1, 0.15) is 20.3 Å². The maximum Gasteiger partial charge on any atom is 0.340 e. The SMILES string of the molecule is CC.O=C1OCCC12CO2. The van der Waals surface area contributed by atoms with Gasteiger partial charge in [-0.05, 0) is 0 Å². The maximum absolute atomic E-state index is 10.6. The van der Waals surface area contributed by atoms with Crippen LogP contribution in [0.3, 0.4) is 0 Å². The predicted octanol–water partition coefficient (Wildman–Crippen LogP) is 0.729. The summed E-state index contributed by atoms with van der Waals surface area (Å²) in [6.07, 6.45) is 0.756. The van der Waals surface area contributed by atoms with Crippen LogP contribution >= 0.6 is 0 Å². The molecule has 0 radical (unpaired) electrons.